The van der Waals surface area contributed by atoms with E-state index in [1.807, 2.05) is 0 Å². The summed E-state index contributed by atoms with van der Waals surface area (Å²) in [7, 11) is 0. The Hall–Kier alpha value is -0.920. The van der Waals surface area contributed by atoms with Crippen molar-refractivity contribution in [3.63, 3.8) is 0 Å². The quantitative estimate of drug-likeness (QED) is 0.596. The van der Waals surface area contributed by atoms with Crippen LogP contribution >= 0.6 is 0 Å². The third-order valence-electron chi connectivity index (χ3n) is 2.48. The Balaban J connectivity index is 5.24. The summed E-state index contributed by atoms with van der Waals surface area (Å²) in [5.74, 6) is -0.198. The van der Waals surface area contributed by atoms with Gasteiger partial charge >= 0.3 is 12.4 Å². The molecule has 0 aliphatic rings. The molecule has 0 aliphatic carbocycles. The second-order valence-electron chi connectivity index (χ2n) is 4.61. The second-order valence-corrected chi connectivity index (χ2v) is 4.61. The summed E-state index contributed by atoms with van der Waals surface area (Å²) in [6.45, 7) is 6.32. The van der Waals surface area contributed by atoms with Crippen molar-refractivity contribution in [1.29, 1.82) is 0 Å². The minimum absolute atomic E-state index is 0.0690. The van der Waals surface area contributed by atoms with Crippen molar-refractivity contribution in [2.75, 3.05) is 0 Å². The Morgan fingerprint density at radius 2 is 1.53 bits per heavy atom. The fourth-order valence-electron chi connectivity index (χ4n) is 1.57. The maximum absolute atomic E-state index is 12.5. The molecule has 0 saturated heterocycles. The SMILES string of the molecule is C=COC(CC(C)C)CC(O)(C(F)(F)F)C(F)(F)F. The molecule has 1 unspecified atom stereocenters. The van der Waals surface area contributed by atoms with Gasteiger partial charge in [0.25, 0.3) is 5.60 Å². The van der Waals surface area contributed by atoms with Gasteiger partial charge in [0.2, 0.25) is 0 Å². The molecule has 0 aromatic carbocycles. The van der Waals surface area contributed by atoms with Gasteiger partial charge in [-0.3, -0.25) is 0 Å². The van der Waals surface area contributed by atoms with E-state index in [4.69, 9.17) is 5.11 Å². The molecule has 0 aliphatic heterocycles. The van der Waals surface area contributed by atoms with Crippen LogP contribution in [0.15, 0.2) is 12.8 Å². The summed E-state index contributed by atoms with van der Waals surface area (Å²) < 4.78 is 79.6. The molecule has 0 aromatic rings. The molecule has 1 N–H and O–H groups in total. The first-order valence-corrected chi connectivity index (χ1v) is 5.47. The average molecular weight is 294 g/mol. The lowest BCUT2D eigenvalue weighted by Gasteiger charge is -2.35. The molecular weight excluding hydrogens is 278 g/mol. The molecule has 114 valence electrons. The first-order chi connectivity index (χ1) is 8.35. The van der Waals surface area contributed by atoms with Crippen LogP contribution in [0.3, 0.4) is 0 Å². The first kappa shape index (κ1) is 18.1. The van der Waals surface area contributed by atoms with E-state index < -0.39 is 30.5 Å². The van der Waals surface area contributed by atoms with Gasteiger partial charge in [0.1, 0.15) is 6.10 Å². The van der Waals surface area contributed by atoms with Crippen molar-refractivity contribution in [2.24, 2.45) is 5.92 Å². The van der Waals surface area contributed by atoms with Crippen molar-refractivity contribution >= 4 is 0 Å². The van der Waals surface area contributed by atoms with Gasteiger partial charge in [0, 0.05) is 6.42 Å². The molecular formula is C11H16F6O2. The highest BCUT2D eigenvalue weighted by Crippen LogP contribution is 2.46. The van der Waals surface area contributed by atoms with Crippen LogP contribution in [-0.4, -0.2) is 29.2 Å². The smallest absolute Gasteiger partial charge is 0.426 e. The minimum Gasteiger partial charge on any atom is -0.499 e. The summed E-state index contributed by atoms with van der Waals surface area (Å²) >= 11 is 0. The maximum atomic E-state index is 12.5. The molecule has 0 heterocycles. The lowest BCUT2D eigenvalue weighted by atomic mass is 9.90. The van der Waals surface area contributed by atoms with Crippen LogP contribution in [0, 0.1) is 5.92 Å². The van der Waals surface area contributed by atoms with Crippen LogP contribution in [0.5, 0.6) is 0 Å². The number of halogens is 6. The zero-order valence-electron chi connectivity index (χ0n) is 10.5. The fourth-order valence-corrected chi connectivity index (χ4v) is 1.57. The summed E-state index contributed by atoms with van der Waals surface area (Å²) in [6, 6.07) is 0. The highest BCUT2D eigenvalue weighted by Gasteiger charge is 2.70. The standard InChI is InChI=1S/C11H16F6O2/c1-4-19-8(5-7(2)3)6-9(18,10(12,13)14)11(15,16)17/h4,7-8,18H,1,5-6H2,2-3H3. The summed E-state index contributed by atoms with van der Waals surface area (Å²) in [5.41, 5.74) is -4.79. The van der Waals surface area contributed by atoms with Crippen molar-refractivity contribution in [2.45, 2.75) is 50.7 Å². The Morgan fingerprint density at radius 3 is 1.79 bits per heavy atom. The molecule has 0 amide bonds. The number of alkyl halides is 6. The highest BCUT2D eigenvalue weighted by atomic mass is 19.4. The molecule has 0 radical (unpaired) electrons. The van der Waals surface area contributed by atoms with Gasteiger partial charge in [-0.1, -0.05) is 20.4 Å². The lowest BCUT2D eigenvalue weighted by molar-refractivity contribution is -0.374. The van der Waals surface area contributed by atoms with Gasteiger partial charge in [-0.25, -0.2) is 0 Å². The third kappa shape index (κ3) is 4.59. The van der Waals surface area contributed by atoms with Crippen molar-refractivity contribution in [3.05, 3.63) is 12.8 Å². The first-order valence-electron chi connectivity index (χ1n) is 5.47. The third-order valence-corrected chi connectivity index (χ3v) is 2.48. The second kappa shape index (κ2) is 6.02. The van der Waals surface area contributed by atoms with Gasteiger partial charge in [-0.15, -0.1) is 0 Å². The van der Waals surface area contributed by atoms with Crippen LogP contribution in [-0.2, 0) is 4.74 Å². The summed E-state index contributed by atoms with van der Waals surface area (Å²) in [5, 5.41) is 9.03. The van der Waals surface area contributed by atoms with Crippen LogP contribution in [0.1, 0.15) is 26.7 Å². The van der Waals surface area contributed by atoms with Crippen LogP contribution in [0.4, 0.5) is 26.3 Å². The molecule has 0 spiro atoms. The van der Waals surface area contributed by atoms with Crippen LogP contribution in [0.25, 0.3) is 0 Å². The van der Waals surface area contributed by atoms with E-state index in [0.29, 0.717) is 0 Å². The van der Waals surface area contributed by atoms with E-state index >= 15 is 0 Å². The normalized spacial score (nSPS) is 15.5. The van der Waals surface area contributed by atoms with E-state index in [0.717, 1.165) is 6.26 Å². The van der Waals surface area contributed by atoms with E-state index in [-0.39, 0.29) is 12.3 Å². The van der Waals surface area contributed by atoms with Crippen LogP contribution in [0.2, 0.25) is 0 Å². The molecule has 0 rings (SSSR count). The maximum Gasteiger partial charge on any atom is 0.426 e. The number of ether oxygens (including phenoxy) is 1. The topological polar surface area (TPSA) is 29.5 Å². The molecule has 0 saturated carbocycles. The molecule has 0 aromatic heterocycles. The predicted molar refractivity (Wildman–Crippen MR) is 56.2 cm³/mol. The van der Waals surface area contributed by atoms with Gasteiger partial charge in [-0.05, 0) is 12.3 Å². The van der Waals surface area contributed by atoms with E-state index in [1.165, 1.54) is 0 Å². The van der Waals surface area contributed by atoms with Crippen molar-refractivity contribution in [1.82, 2.24) is 0 Å². The van der Waals surface area contributed by atoms with Gasteiger partial charge < -0.3 is 9.84 Å². The lowest BCUT2D eigenvalue weighted by Crippen LogP contribution is -2.58. The molecule has 0 bridgehead atoms. The molecule has 8 heteroatoms. The van der Waals surface area contributed by atoms with Crippen molar-refractivity contribution in [3.8, 4) is 0 Å². The predicted octanol–water partition coefficient (Wildman–Crippen LogP) is 3.81. The van der Waals surface area contributed by atoms with Gasteiger partial charge in [0.15, 0.2) is 0 Å². The Labute approximate surface area is 107 Å². The highest BCUT2D eigenvalue weighted by molar-refractivity contribution is 4.96. The van der Waals surface area contributed by atoms with Crippen molar-refractivity contribution < 1.29 is 36.2 Å². The van der Waals surface area contributed by atoms with E-state index in [2.05, 4.69) is 11.3 Å². The number of rotatable bonds is 6. The van der Waals surface area contributed by atoms with Crippen LogP contribution < -0.4 is 0 Å². The molecule has 19 heavy (non-hydrogen) atoms. The van der Waals surface area contributed by atoms with Gasteiger partial charge in [0.05, 0.1) is 6.26 Å². The molecule has 1 atom stereocenters. The number of hydrogen-bond donors (Lipinski definition) is 1. The summed E-state index contributed by atoms with van der Waals surface area (Å²) in [6.07, 6.45) is -14.0. The Bertz CT molecular complexity index is 281. The average Bonchev–Trinajstić information content (AvgIpc) is 2.12. The molecule has 0 fully saturated rings. The monoisotopic (exact) mass is 294 g/mol. The Kier molecular flexibility index (Phi) is 5.73. The van der Waals surface area contributed by atoms with Gasteiger partial charge in [-0.2, -0.15) is 26.3 Å². The molecule has 2 nitrogen and oxygen atoms in total. The zero-order valence-corrected chi connectivity index (χ0v) is 10.5. The minimum atomic E-state index is -5.83. The number of hydrogen-bond acceptors (Lipinski definition) is 2. The fraction of sp³-hybridized carbons (Fsp3) is 0.818. The summed E-state index contributed by atoms with van der Waals surface area (Å²) in [4.78, 5) is 0. The zero-order chi connectivity index (χ0) is 15.5. The van der Waals surface area contributed by atoms with E-state index in [9.17, 15) is 26.3 Å². The number of aliphatic hydroxyl groups is 1. The largest absolute Gasteiger partial charge is 0.499 e. The Morgan fingerprint density at radius 1 is 1.11 bits per heavy atom. The van der Waals surface area contributed by atoms with E-state index in [1.54, 1.807) is 13.8 Å².